The molecule has 0 amide bonds. The molecule has 11 aromatic rings. The van der Waals surface area contributed by atoms with Crippen molar-refractivity contribution in [3.63, 3.8) is 0 Å². The van der Waals surface area contributed by atoms with Gasteiger partial charge in [0.1, 0.15) is 0 Å². The standard InChI is InChI=1S/C51H32N4S/c1-3-15-33(16-4-1)38-21-7-8-23-42(38)51-53-49(34-17-5-2-6-18-34)52-50(54-51)36-29-30-41-40-22-9-11-26-44(40)55(45(41)32-36)37-20-13-19-35(31-37)39-25-14-28-47-48(39)43-24-10-12-27-46(43)56-47/h1-32H. The molecule has 0 saturated heterocycles. The molecule has 0 saturated carbocycles. The number of rotatable bonds is 6. The van der Waals surface area contributed by atoms with Crippen LogP contribution in [0.3, 0.4) is 0 Å². The number of benzene rings is 8. The van der Waals surface area contributed by atoms with Crippen LogP contribution in [0.25, 0.3) is 104 Å². The maximum Gasteiger partial charge on any atom is 0.164 e. The molecule has 0 spiro atoms. The third-order valence-electron chi connectivity index (χ3n) is 10.7. The van der Waals surface area contributed by atoms with Crippen molar-refractivity contribution in [2.45, 2.75) is 0 Å². The zero-order valence-electron chi connectivity index (χ0n) is 30.2. The van der Waals surface area contributed by atoms with Gasteiger partial charge in [-0.1, -0.05) is 158 Å². The van der Waals surface area contributed by atoms with Crippen molar-refractivity contribution in [2.24, 2.45) is 0 Å². The normalized spacial score (nSPS) is 11.6. The summed E-state index contributed by atoms with van der Waals surface area (Å²) in [5.74, 6) is 1.90. The summed E-state index contributed by atoms with van der Waals surface area (Å²) in [6.07, 6.45) is 0. The number of hydrogen-bond donors (Lipinski definition) is 0. The van der Waals surface area contributed by atoms with Gasteiger partial charge in [-0.25, -0.2) is 15.0 Å². The summed E-state index contributed by atoms with van der Waals surface area (Å²) in [5.41, 5.74) is 10.8. The molecule has 0 fully saturated rings. The molecule has 0 unspecified atom stereocenters. The average molecular weight is 733 g/mol. The van der Waals surface area contributed by atoms with Crippen LogP contribution in [0.1, 0.15) is 0 Å². The van der Waals surface area contributed by atoms with Crippen molar-refractivity contribution in [1.29, 1.82) is 0 Å². The van der Waals surface area contributed by atoms with E-state index in [9.17, 15) is 0 Å². The first kappa shape index (κ1) is 32.2. The van der Waals surface area contributed by atoms with Gasteiger partial charge in [-0.2, -0.15) is 0 Å². The third kappa shape index (κ3) is 5.40. The fourth-order valence-corrected chi connectivity index (χ4v) is 9.24. The van der Waals surface area contributed by atoms with Gasteiger partial charge in [0.2, 0.25) is 0 Å². The largest absolute Gasteiger partial charge is 0.309 e. The first-order valence-electron chi connectivity index (χ1n) is 18.8. The van der Waals surface area contributed by atoms with E-state index in [2.05, 4.69) is 168 Å². The summed E-state index contributed by atoms with van der Waals surface area (Å²) in [5, 5.41) is 4.98. The topological polar surface area (TPSA) is 43.6 Å². The molecule has 0 aliphatic carbocycles. The molecule has 0 aliphatic heterocycles. The highest BCUT2D eigenvalue weighted by Crippen LogP contribution is 2.41. The van der Waals surface area contributed by atoms with Gasteiger partial charge in [-0.3, -0.25) is 0 Å². The first-order valence-corrected chi connectivity index (χ1v) is 19.6. The van der Waals surface area contributed by atoms with E-state index in [0.29, 0.717) is 17.5 Å². The zero-order chi connectivity index (χ0) is 37.0. The minimum Gasteiger partial charge on any atom is -0.309 e. The lowest BCUT2D eigenvalue weighted by Crippen LogP contribution is -2.01. The Hall–Kier alpha value is -7.21. The smallest absolute Gasteiger partial charge is 0.164 e. The van der Waals surface area contributed by atoms with E-state index >= 15 is 0 Å². The summed E-state index contributed by atoms with van der Waals surface area (Å²) in [7, 11) is 0. The lowest BCUT2D eigenvalue weighted by molar-refractivity contribution is 1.07. The second kappa shape index (κ2) is 13.3. The van der Waals surface area contributed by atoms with E-state index in [1.807, 2.05) is 41.7 Å². The SMILES string of the molecule is c1ccc(-c2nc(-c3ccc4c5ccccc5n(-c5cccc(-c6cccc7sc8ccccc8c67)c5)c4c3)nc(-c3ccccc3-c3ccccc3)n2)cc1. The lowest BCUT2D eigenvalue weighted by atomic mass is 9.99. The Morgan fingerprint density at radius 1 is 0.339 bits per heavy atom. The van der Waals surface area contributed by atoms with Crippen LogP contribution in [-0.2, 0) is 0 Å². The highest BCUT2D eigenvalue weighted by molar-refractivity contribution is 7.25. The lowest BCUT2D eigenvalue weighted by Gasteiger charge is -2.13. The summed E-state index contributed by atoms with van der Waals surface area (Å²) < 4.78 is 4.99. The number of hydrogen-bond acceptors (Lipinski definition) is 4. The van der Waals surface area contributed by atoms with Crippen molar-refractivity contribution in [1.82, 2.24) is 19.5 Å². The first-order chi connectivity index (χ1) is 27.8. The molecular weight excluding hydrogens is 701 g/mol. The van der Waals surface area contributed by atoms with E-state index in [0.717, 1.165) is 44.5 Å². The molecule has 5 heteroatoms. The summed E-state index contributed by atoms with van der Waals surface area (Å²) in [4.78, 5) is 15.5. The Balaban J connectivity index is 1.11. The molecular formula is C51H32N4S. The van der Waals surface area contributed by atoms with Gasteiger partial charge < -0.3 is 4.57 Å². The van der Waals surface area contributed by atoms with Gasteiger partial charge in [-0.05, 0) is 58.7 Å². The molecule has 0 bridgehead atoms. The van der Waals surface area contributed by atoms with Crippen LogP contribution in [0.2, 0.25) is 0 Å². The van der Waals surface area contributed by atoms with Crippen LogP contribution in [0.5, 0.6) is 0 Å². The van der Waals surface area contributed by atoms with E-state index in [1.165, 1.54) is 42.1 Å². The molecule has 8 aromatic carbocycles. The fourth-order valence-electron chi connectivity index (χ4n) is 8.10. The molecule has 0 aliphatic rings. The van der Waals surface area contributed by atoms with Crippen LogP contribution >= 0.6 is 11.3 Å². The van der Waals surface area contributed by atoms with E-state index in [1.54, 1.807) is 0 Å². The molecule has 11 rings (SSSR count). The van der Waals surface area contributed by atoms with Gasteiger partial charge in [0, 0.05) is 53.3 Å². The van der Waals surface area contributed by atoms with Crippen molar-refractivity contribution in [3.8, 4) is 62.1 Å². The Kier molecular flexibility index (Phi) is 7.64. The Labute approximate surface area is 327 Å². The van der Waals surface area contributed by atoms with Crippen LogP contribution in [-0.4, -0.2) is 19.5 Å². The van der Waals surface area contributed by atoms with E-state index < -0.39 is 0 Å². The highest BCUT2D eigenvalue weighted by atomic mass is 32.1. The van der Waals surface area contributed by atoms with Crippen LogP contribution in [0, 0.1) is 0 Å². The Morgan fingerprint density at radius 2 is 0.929 bits per heavy atom. The van der Waals surface area contributed by atoms with Gasteiger partial charge in [0.15, 0.2) is 17.5 Å². The third-order valence-corrected chi connectivity index (χ3v) is 11.8. The van der Waals surface area contributed by atoms with Crippen molar-refractivity contribution in [2.75, 3.05) is 0 Å². The highest BCUT2D eigenvalue weighted by Gasteiger charge is 2.19. The number of para-hydroxylation sites is 1. The molecule has 56 heavy (non-hydrogen) atoms. The molecule has 3 heterocycles. The fraction of sp³-hybridized carbons (Fsp3) is 0. The molecule has 0 atom stereocenters. The quantitative estimate of drug-likeness (QED) is 0.171. The van der Waals surface area contributed by atoms with Crippen molar-refractivity contribution in [3.05, 3.63) is 194 Å². The number of thiophene rings is 1. The summed E-state index contributed by atoms with van der Waals surface area (Å²) >= 11 is 1.85. The van der Waals surface area contributed by atoms with Gasteiger partial charge in [0.25, 0.3) is 0 Å². The van der Waals surface area contributed by atoms with Crippen molar-refractivity contribution >= 4 is 53.3 Å². The van der Waals surface area contributed by atoms with Crippen molar-refractivity contribution < 1.29 is 0 Å². The van der Waals surface area contributed by atoms with Gasteiger partial charge in [0.05, 0.1) is 11.0 Å². The minimum atomic E-state index is 0.625. The predicted molar refractivity (Wildman–Crippen MR) is 234 cm³/mol. The molecule has 3 aromatic heterocycles. The van der Waals surface area contributed by atoms with Crippen LogP contribution in [0.15, 0.2) is 194 Å². The molecule has 0 radical (unpaired) electrons. The maximum atomic E-state index is 5.22. The second-order valence-corrected chi connectivity index (χ2v) is 15.1. The van der Waals surface area contributed by atoms with Gasteiger partial charge >= 0.3 is 0 Å². The number of aromatic nitrogens is 4. The summed E-state index contributed by atoms with van der Waals surface area (Å²) in [6.45, 7) is 0. The number of fused-ring (bicyclic) bond motifs is 6. The second-order valence-electron chi connectivity index (χ2n) is 14.0. The molecule has 4 nitrogen and oxygen atoms in total. The van der Waals surface area contributed by atoms with Crippen LogP contribution < -0.4 is 0 Å². The average Bonchev–Trinajstić information content (AvgIpc) is 3.82. The zero-order valence-corrected chi connectivity index (χ0v) is 31.0. The number of nitrogens with zero attached hydrogens (tertiary/aromatic N) is 4. The Morgan fingerprint density at radius 3 is 1.77 bits per heavy atom. The predicted octanol–water partition coefficient (Wildman–Crippen LogP) is 13.7. The molecule has 0 N–H and O–H groups in total. The van der Waals surface area contributed by atoms with E-state index in [4.69, 9.17) is 15.0 Å². The maximum absolute atomic E-state index is 5.22. The van der Waals surface area contributed by atoms with E-state index in [-0.39, 0.29) is 0 Å². The monoisotopic (exact) mass is 732 g/mol. The molecule has 262 valence electrons. The van der Waals surface area contributed by atoms with Gasteiger partial charge in [-0.15, -0.1) is 11.3 Å². The Bertz CT molecular complexity index is 3250. The summed E-state index contributed by atoms with van der Waals surface area (Å²) in [6, 6.07) is 68.6. The minimum absolute atomic E-state index is 0.625. The van der Waals surface area contributed by atoms with Crippen LogP contribution in [0.4, 0.5) is 0 Å².